The van der Waals surface area contributed by atoms with Gasteiger partial charge >= 0.3 is 0 Å². The van der Waals surface area contributed by atoms with Crippen molar-refractivity contribution >= 4 is 28.1 Å². The van der Waals surface area contributed by atoms with E-state index in [0.717, 1.165) is 51.6 Å². The lowest BCUT2D eigenvalue weighted by Gasteiger charge is -2.26. The zero-order valence-corrected chi connectivity index (χ0v) is 28.4. The number of hydrogen-bond donors (Lipinski definition) is 6. The Labute approximate surface area is 296 Å². The number of ketones is 1. The molecule has 0 amide bonds. The number of phenols is 4. The van der Waals surface area contributed by atoms with Gasteiger partial charge in [-0.05, 0) is 132 Å². The quantitative estimate of drug-likeness (QED) is 0.103. The molecule has 7 rings (SSSR count). The number of aliphatic hydroxyl groups is 1. The van der Waals surface area contributed by atoms with Crippen molar-refractivity contribution in [2.75, 3.05) is 19.0 Å². The fourth-order valence-corrected chi connectivity index (χ4v) is 7.65. The highest BCUT2D eigenvalue weighted by Crippen LogP contribution is 2.42. The largest absolute Gasteiger partial charge is 0.508 e. The molecule has 2 aliphatic heterocycles. The molecule has 4 aromatic carbocycles. The molecule has 1 aromatic heterocycles. The summed E-state index contributed by atoms with van der Waals surface area (Å²) in [4.78, 5) is 19.1. The monoisotopic (exact) mass is 690 g/mol. The second kappa shape index (κ2) is 14.4. The summed E-state index contributed by atoms with van der Waals surface area (Å²) in [5.41, 5.74) is 5.21. The van der Waals surface area contributed by atoms with Gasteiger partial charge in [0.15, 0.2) is 23.0 Å². The van der Waals surface area contributed by atoms with E-state index in [0.29, 0.717) is 49.4 Å². The van der Waals surface area contributed by atoms with Gasteiger partial charge in [0.05, 0.1) is 19.8 Å². The molecular weight excluding hydrogens is 648 g/mol. The number of phenolic OH excluding ortho intramolecular Hbond substituents is 4. The molecule has 10 nitrogen and oxygen atoms in total. The number of carbonyl (C=O) groups excluding carboxylic acids is 1. The molecule has 2 aliphatic rings. The van der Waals surface area contributed by atoms with E-state index >= 15 is 0 Å². The van der Waals surface area contributed by atoms with Gasteiger partial charge in [-0.15, -0.1) is 0 Å². The first-order chi connectivity index (χ1) is 24.7. The smallest absolute Gasteiger partial charge is 0.200 e. The van der Waals surface area contributed by atoms with Crippen LogP contribution in [0.25, 0.3) is 10.8 Å². The molecule has 3 heterocycles. The Morgan fingerprint density at radius 1 is 0.941 bits per heavy atom. The number of rotatable bonds is 6. The van der Waals surface area contributed by atoms with Gasteiger partial charge in [0.25, 0.3) is 0 Å². The van der Waals surface area contributed by atoms with Crippen LogP contribution in [0.2, 0.25) is 0 Å². The number of benzene rings is 4. The van der Waals surface area contributed by atoms with E-state index in [-0.39, 0.29) is 47.4 Å². The van der Waals surface area contributed by atoms with Crippen LogP contribution < -0.4 is 14.8 Å². The molecule has 0 fully saturated rings. The summed E-state index contributed by atoms with van der Waals surface area (Å²) >= 11 is 0. The third kappa shape index (κ3) is 7.09. The third-order valence-electron chi connectivity index (χ3n) is 10.4. The average molecular weight is 691 g/mol. The van der Waals surface area contributed by atoms with Gasteiger partial charge in [-0.3, -0.25) is 4.79 Å². The van der Waals surface area contributed by atoms with E-state index in [9.17, 15) is 30.3 Å². The molecule has 0 saturated heterocycles. The van der Waals surface area contributed by atoms with E-state index in [1.165, 1.54) is 13.2 Å². The molecule has 5 aromatic rings. The number of carbonyl (C=O) groups is 1. The lowest BCUT2D eigenvalue weighted by atomic mass is 9.80. The van der Waals surface area contributed by atoms with E-state index < -0.39 is 17.9 Å². The summed E-state index contributed by atoms with van der Waals surface area (Å²) in [6.07, 6.45) is 4.53. The maximum Gasteiger partial charge on any atom is 0.200 e. The van der Waals surface area contributed by atoms with Gasteiger partial charge in [0.1, 0.15) is 17.4 Å². The zero-order valence-electron chi connectivity index (χ0n) is 28.4. The minimum absolute atomic E-state index is 0.0732. The number of aromatic nitrogens is 1. The SMILES string of the molecule is COc1cc(C2CCc3c(ccc4cc(O)ccc34)Nc3cc(ccn3)CC(C(O)CCc3ccc(O)c4c3CCCO4)C(=O)C2)cc(O)c1O. The fourth-order valence-electron chi connectivity index (χ4n) is 7.65. The highest BCUT2D eigenvalue weighted by atomic mass is 16.5. The van der Waals surface area contributed by atoms with Crippen molar-refractivity contribution in [1.29, 1.82) is 0 Å². The Kier molecular flexibility index (Phi) is 9.60. The third-order valence-corrected chi connectivity index (χ3v) is 10.4. The Hall–Kier alpha value is -5.48. The number of hydrogen-bond acceptors (Lipinski definition) is 10. The normalized spacial score (nSPS) is 18.2. The van der Waals surface area contributed by atoms with E-state index in [1.807, 2.05) is 36.4 Å². The second-order valence-corrected chi connectivity index (χ2v) is 13.6. The molecular formula is C41H42N2O8. The Morgan fingerprint density at radius 3 is 2.65 bits per heavy atom. The molecule has 6 N–H and O–H groups in total. The van der Waals surface area contributed by atoms with Gasteiger partial charge < -0.3 is 40.3 Å². The summed E-state index contributed by atoms with van der Waals surface area (Å²) in [5.74, 6) is -0.515. The topological polar surface area (TPSA) is 162 Å². The number of methoxy groups -OCH3 is 1. The van der Waals surface area contributed by atoms with Gasteiger partial charge in [-0.25, -0.2) is 4.98 Å². The van der Waals surface area contributed by atoms with Crippen LogP contribution in [-0.2, 0) is 30.5 Å². The standard InChI is InChI=1S/C41H42N2O8/c1-50-38-22-27(21-37(48)40(38)49)25-4-9-31-29-10-8-28(44)19-26(29)5-11-33(31)43-39-18-23(14-15-42-39)17-32(36(47)20-25)34(45)12-6-24-7-13-35(46)41-30(24)3-2-16-51-41/h5,7-8,10-11,13-15,18-19,21-22,25,32,34,44-46,48-49H,2-4,6,9,12,16-17,20H2,1H3,(H,42,43). The molecule has 0 saturated carbocycles. The predicted octanol–water partition coefficient (Wildman–Crippen LogP) is 6.98. The van der Waals surface area contributed by atoms with E-state index in [1.54, 1.807) is 30.5 Å². The minimum Gasteiger partial charge on any atom is -0.508 e. The lowest BCUT2D eigenvalue weighted by molar-refractivity contribution is -0.127. The molecule has 3 unspecified atom stereocenters. The van der Waals surface area contributed by atoms with Gasteiger partial charge in [-0.1, -0.05) is 18.2 Å². The first kappa shape index (κ1) is 34.0. The number of aryl methyl sites for hydroxylation is 2. The number of nitrogens with zero attached hydrogens (tertiary/aromatic N) is 1. The highest BCUT2D eigenvalue weighted by molar-refractivity contribution is 5.92. The van der Waals surface area contributed by atoms with Crippen molar-refractivity contribution in [3.05, 3.63) is 101 Å². The van der Waals surface area contributed by atoms with Crippen LogP contribution in [0.4, 0.5) is 11.5 Å². The number of fused-ring (bicyclic) bond motifs is 6. The summed E-state index contributed by atoms with van der Waals surface area (Å²) in [7, 11) is 1.41. The van der Waals surface area contributed by atoms with Crippen LogP contribution in [0, 0.1) is 5.92 Å². The first-order valence-electron chi connectivity index (χ1n) is 17.4. The van der Waals surface area contributed by atoms with Crippen LogP contribution in [0.3, 0.4) is 0 Å². The maximum atomic E-state index is 14.5. The molecule has 10 heteroatoms. The highest BCUT2D eigenvalue weighted by Gasteiger charge is 2.31. The zero-order chi connectivity index (χ0) is 35.6. The number of aliphatic hydroxyl groups excluding tert-OH is 1. The van der Waals surface area contributed by atoms with Gasteiger partial charge in [0, 0.05) is 29.8 Å². The number of Topliss-reactive ketones (excluding diaryl/α,β-unsaturated/α-hetero) is 1. The fraction of sp³-hybridized carbons (Fsp3) is 0.317. The number of anilines is 2. The molecule has 0 spiro atoms. The summed E-state index contributed by atoms with van der Waals surface area (Å²) in [6.45, 7) is 0.544. The number of ether oxygens (including phenoxy) is 2. The second-order valence-electron chi connectivity index (χ2n) is 13.6. The molecule has 51 heavy (non-hydrogen) atoms. The van der Waals surface area contributed by atoms with Crippen molar-refractivity contribution in [1.82, 2.24) is 4.98 Å². The Morgan fingerprint density at radius 2 is 1.80 bits per heavy atom. The summed E-state index contributed by atoms with van der Waals surface area (Å²) in [5, 5.41) is 58.8. The average Bonchev–Trinajstić information content (AvgIpc) is 3.14. The van der Waals surface area contributed by atoms with Crippen molar-refractivity contribution in [3.8, 4) is 34.5 Å². The van der Waals surface area contributed by atoms with Gasteiger partial charge in [-0.2, -0.15) is 0 Å². The first-order valence-corrected chi connectivity index (χ1v) is 17.4. The van der Waals surface area contributed by atoms with Crippen LogP contribution in [-0.4, -0.2) is 56.1 Å². The lowest BCUT2D eigenvalue weighted by Crippen LogP contribution is -2.32. The van der Waals surface area contributed by atoms with Crippen molar-refractivity contribution in [2.24, 2.45) is 5.92 Å². The number of aromatic hydroxyl groups is 4. The van der Waals surface area contributed by atoms with Crippen LogP contribution in [0.15, 0.2) is 72.9 Å². The number of pyridine rings is 1. The van der Waals surface area contributed by atoms with E-state index in [2.05, 4.69) is 10.3 Å². The summed E-state index contributed by atoms with van der Waals surface area (Å²) < 4.78 is 11.1. The van der Waals surface area contributed by atoms with Crippen LogP contribution in [0.1, 0.15) is 59.4 Å². The summed E-state index contributed by atoms with van der Waals surface area (Å²) in [6, 6.07) is 19.5. The number of nitrogens with one attached hydrogen (secondary N) is 1. The molecule has 0 radical (unpaired) electrons. The Balaban J connectivity index is 1.26. The molecule has 3 atom stereocenters. The van der Waals surface area contributed by atoms with E-state index in [4.69, 9.17) is 9.47 Å². The molecule has 2 bridgehead atoms. The van der Waals surface area contributed by atoms with Crippen molar-refractivity contribution < 1.29 is 39.8 Å². The van der Waals surface area contributed by atoms with Crippen LogP contribution >= 0.6 is 0 Å². The molecule has 264 valence electrons. The maximum absolute atomic E-state index is 14.5. The molecule has 0 aliphatic carbocycles. The minimum atomic E-state index is -0.974. The van der Waals surface area contributed by atoms with Gasteiger partial charge in [0.2, 0.25) is 5.75 Å². The Bertz CT molecular complexity index is 2100. The van der Waals surface area contributed by atoms with Crippen molar-refractivity contribution in [2.45, 2.75) is 63.4 Å². The predicted molar refractivity (Wildman–Crippen MR) is 194 cm³/mol. The van der Waals surface area contributed by atoms with Crippen molar-refractivity contribution in [3.63, 3.8) is 0 Å². The van der Waals surface area contributed by atoms with Crippen LogP contribution in [0.5, 0.6) is 34.5 Å².